The van der Waals surface area contributed by atoms with E-state index in [2.05, 4.69) is 27.7 Å². The third-order valence-corrected chi connectivity index (χ3v) is 7.49. The molecule has 42 heavy (non-hydrogen) atoms. The number of benzene rings is 1. The van der Waals surface area contributed by atoms with Crippen LogP contribution in [0, 0.1) is 0 Å². The number of carboxylic acids is 1. The van der Waals surface area contributed by atoms with Crippen LogP contribution in [0.25, 0.3) is 0 Å². The summed E-state index contributed by atoms with van der Waals surface area (Å²) in [4.78, 5) is 12.5. The van der Waals surface area contributed by atoms with Crippen LogP contribution in [0.15, 0.2) is 0 Å². The lowest BCUT2D eigenvalue weighted by molar-refractivity contribution is 0.0685. The van der Waals surface area contributed by atoms with Crippen molar-refractivity contribution in [2.75, 3.05) is 26.4 Å². The second kappa shape index (κ2) is 25.2. The van der Waals surface area contributed by atoms with Gasteiger partial charge in [0.25, 0.3) is 0 Å². The normalized spacial score (nSPS) is 11.0. The van der Waals surface area contributed by atoms with E-state index in [1.807, 2.05) is 0 Å². The minimum atomic E-state index is -1.28. The number of unbranched alkanes of at least 4 members (excludes halogenated alkanes) is 16. The quantitative estimate of drug-likeness (QED) is 0.0891. The number of hydrogen-bond acceptors (Lipinski definition) is 6. The molecule has 0 amide bonds. The SMILES string of the molecule is CCCCCCCCCCOc1c(O)c(C(=O)O)c(OCCCCCC)c(OCCCCCC)c1OCCCCCC. The van der Waals surface area contributed by atoms with Crippen molar-refractivity contribution < 1.29 is 34.0 Å². The summed E-state index contributed by atoms with van der Waals surface area (Å²) in [5, 5.41) is 21.5. The highest BCUT2D eigenvalue weighted by Crippen LogP contribution is 2.53. The van der Waals surface area contributed by atoms with Crippen molar-refractivity contribution in [3.05, 3.63) is 5.56 Å². The number of ether oxygens (including phenoxy) is 4. The highest BCUT2D eigenvalue weighted by molar-refractivity contribution is 5.97. The van der Waals surface area contributed by atoms with E-state index in [1.54, 1.807) is 0 Å². The zero-order chi connectivity index (χ0) is 30.8. The Morgan fingerprint density at radius 2 is 0.738 bits per heavy atom. The number of aromatic carboxylic acids is 1. The van der Waals surface area contributed by atoms with Crippen LogP contribution in [0.4, 0.5) is 0 Å². The molecule has 0 unspecified atom stereocenters. The number of rotatable bonds is 29. The molecule has 0 bridgehead atoms. The Labute approximate surface area is 256 Å². The van der Waals surface area contributed by atoms with Crippen LogP contribution in [0.1, 0.15) is 166 Å². The Hall–Kier alpha value is -2.31. The lowest BCUT2D eigenvalue weighted by Gasteiger charge is -2.23. The molecule has 7 heteroatoms. The van der Waals surface area contributed by atoms with Gasteiger partial charge in [0.15, 0.2) is 17.1 Å². The molecule has 0 aromatic heterocycles. The van der Waals surface area contributed by atoms with E-state index >= 15 is 0 Å². The summed E-state index contributed by atoms with van der Waals surface area (Å²) in [6, 6.07) is 0. The minimum Gasteiger partial charge on any atom is -0.503 e. The third kappa shape index (κ3) is 15.2. The summed E-state index contributed by atoms with van der Waals surface area (Å²) in [6.45, 7) is 10.2. The highest BCUT2D eigenvalue weighted by Gasteiger charge is 2.32. The van der Waals surface area contributed by atoms with Crippen molar-refractivity contribution in [2.45, 2.75) is 156 Å². The van der Waals surface area contributed by atoms with Gasteiger partial charge in [-0.3, -0.25) is 0 Å². The fourth-order valence-electron chi connectivity index (χ4n) is 4.90. The average molecular weight is 595 g/mol. The van der Waals surface area contributed by atoms with Gasteiger partial charge >= 0.3 is 5.97 Å². The topological polar surface area (TPSA) is 94.5 Å². The van der Waals surface area contributed by atoms with E-state index in [9.17, 15) is 15.0 Å². The summed E-state index contributed by atoms with van der Waals surface area (Å²) in [5.74, 6) is -1.15. The summed E-state index contributed by atoms with van der Waals surface area (Å²) >= 11 is 0. The van der Waals surface area contributed by atoms with Gasteiger partial charge in [-0.15, -0.1) is 0 Å². The summed E-state index contributed by atoms with van der Waals surface area (Å²) in [7, 11) is 0. The van der Waals surface area contributed by atoms with E-state index < -0.39 is 11.7 Å². The summed E-state index contributed by atoms with van der Waals surface area (Å²) in [6.07, 6.45) is 21.3. The van der Waals surface area contributed by atoms with Crippen LogP contribution in [-0.2, 0) is 0 Å². The first-order valence-corrected chi connectivity index (χ1v) is 17.2. The van der Waals surface area contributed by atoms with Crippen molar-refractivity contribution in [3.63, 3.8) is 0 Å². The Kier molecular flexibility index (Phi) is 22.6. The Balaban J connectivity index is 3.26. The second-order valence-corrected chi connectivity index (χ2v) is 11.4. The Bertz CT molecular complexity index is 824. The van der Waals surface area contributed by atoms with Crippen LogP contribution in [0.3, 0.4) is 0 Å². The van der Waals surface area contributed by atoms with Crippen molar-refractivity contribution in [3.8, 4) is 28.7 Å². The first kappa shape index (κ1) is 37.7. The van der Waals surface area contributed by atoms with Crippen molar-refractivity contribution >= 4 is 5.97 Å². The van der Waals surface area contributed by atoms with Crippen LogP contribution in [0.2, 0.25) is 0 Å². The lowest BCUT2D eigenvalue weighted by Crippen LogP contribution is -2.13. The van der Waals surface area contributed by atoms with Gasteiger partial charge < -0.3 is 29.2 Å². The Morgan fingerprint density at radius 1 is 0.452 bits per heavy atom. The number of hydrogen-bond donors (Lipinski definition) is 2. The van der Waals surface area contributed by atoms with Gasteiger partial charge in [0, 0.05) is 0 Å². The molecule has 1 rings (SSSR count). The maximum Gasteiger partial charge on any atom is 0.343 e. The predicted octanol–water partition coefficient (Wildman–Crippen LogP) is 10.5. The zero-order valence-corrected chi connectivity index (χ0v) is 27.4. The predicted molar refractivity (Wildman–Crippen MR) is 172 cm³/mol. The van der Waals surface area contributed by atoms with Gasteiger partial charge in [-0.25, -0.2) is 4.79 Å². The van der Waals surface area contributed by atoms with Crippen LogP contribution in [0.5, 0.6) is 28.7 Å². The molecule has 2 N–H and O–H groups in total. The average Bonchev–Trinajstić information content (AvgIpc) is 2.97. The van der Waals surface area contributed by atoms with Gasteiger partial charge in [0.05, 0.1) is 26.4 Å². The molecule has 244 valence electrons. The largest absolute Gasteiger partial charge is 0.503 e. The molecule has 0 aliphatic rings. The molecule has 0 aliphatic heterocycles. The maximum absolute atomic E-state index is 12.5. The van der Waals surface area contributed by atoms with Crippen LogP contribution in [-0.4, -0.2) is 42.6 Å². The second-order valence-electron chi connectivity index (χ2n) is 11.4. The monoisotopic (exact) mass is 594 g/mol. The van der Waals surface area contributed by atoms with E-state index in [0.29, 0.717) is 26.4 Å². The van der Waals surface area contributed by atoms with Gasteiger partial charge in [-0.1, -0.05) is 130 Å². The van der Waals surface area contributed by atoms with Gasteiger partial charge in [0.2, 0.25) is 17.2 Å². The van der Waals surface area contributed by atoms with Crippen LogP contribution < -0.4 is 18.9 Å². The van der Waals surface area contributed by atoms with Gasteiger partial charge in [-0.2, -0.15) is 0 Å². The molecule has 1 aromatic carbocycles. The number of carbonyl (C=O) groups is 1. The van der Waals surface area contributed by atoms with Gasteiger partial charge in [0.1, 0.15) is 0 Å². The molecule has 0 saturated heterocycles. The lowest BCUT2D eigenvalue weighted by atomic mass is 10.1. The first-order valence-electron chi connectivity index (χ1n) is 17.2. The fraction of sp³-hybridized carbons (Fsp3) is 0.800. The molecule has 0 radical (unpaired) electrons. The molecule has 0 saturated carbocycles. The standard InChI is InChI=1S/C35H62O7/c1-5-9-13-17-18-19-20-24-26-40-32-30(36)29(35(37)38)31(39-25-21-14-10-6-2)33(41-27-22-15-11-7-3)34(32)42-28-23-16-12-8-4/h36H,5-28H2,1-4H3,(H,37,38). The zero-order valence-electron chi connectivity index (χ0n) is 27.4. The maximum atomic E-state index is 12.5. The summed E-state index contributed by atoms with van der Waals surface area (Å²) in [5.41, 5.74) is -0.321. The molecule has 7 nitrogen and oxygen atoms in total. The molecule has 0 spiro atoms. The molecule has 0 aliphatic carbocycles. The smallest absolute Gasteiger partial charge is 0.343 e. The van der Waals surface area contributed by atoms with E-state index in [-0.39, 0.29) is 28.6 Å². The first-order chi connectivity index (χ1) is 20.5. The van der Waals surface area contributed by atoms with E-state index in [4.69, 9.17) is 18.9 Å². The van der Waals surface area contributed by atoms with Crippen molar-refractivity contribution in [1.82, 2.24) is 0 Å². The Morgan fingerprint density at radius 3 is 1.12 bits per heavy atom. The van der Waals surface area contributed by atoms with Crippen molar-refractivity contribution in [2.24, 2.45) is 0 Å². The molecule has 1 aromatic rings. The number of phenols is 1. The van der Waals surface area contributed by atoms with E-state index in [1.165, 1.54) is 32.1 Å². The molecule has 0 heterocycles. The fourth-order valence-corrected chi connectivity index (χ4v) is 4.90. The molecule has 0 fully saturated rings. The third-order valence-electron chi connectivity index (χ3n) is 7.49. The number of carboxylic acid groups (broad SMARTS) is 1. The molecular weight excluding hydrogens is 532 g/mol. The van der Waals surface area contributed by atoms with Crippen molar-refractivity contribution in [1.29, 1.82) is 0 Å². The van der Waals surface area contributed by atoms with Crippen LogP contribution >= 0.6 is 0 Å². The molecular formula is C35H62O7. The molecule has 0 atom stereocenters. The summed E-state index contributed by atoms with van der Waals surface area (Å²) < 4.78 is 24.7. The van der Waals surface area contributed by atoms with E-state index in [0.717, 1.165) is 96.3 Å². The van der Waals surface area contributed by atoms with Gasteiger partial charge in [-0.05, 0) is 25.7 Å². The highest BCUT2D eigenvalue weighted by atomic mass is 16.6. The minimum absolute atomic E-state index is 0.0370. The number of aromatic hydroxyl groups is 1.